The van der Waals surface area contributed by atoms with Gasteiger partial charge in [-0.1, -0.05) is 0 Å². The van der Waals surface area contributed by atoms with E-state index in [0.717, 1.165) is 11.8 Å². The molecule has 0 saturated heterocycles. The molecule has 0 aromatic carbocycles. The van der Waals surface area contributed by atoms with Crippen LogP contribution >= 0.6 is 12.6 Å². The third-order valence-electron chi connectivity index (χ3n) is 1.43. The Balaban J connectivity index is 0. The zero-order valence-electron chi connectivity index (χ0n) is 6.53. The first-order valence-electron chi connectivity index (χ1n) is 2.89. The van der Waals surface area contributed by atoms with Crippen LogP contribution in [-0.2, 0) is 8.85 Å². The Hall–Kier alpha value is 1.75. The van der Waals surface area contributed by atoms with Crippen molar-refractivity contribution in [3.63, 3.8) is 0 Å². The number of hydrogen-bond acceptors (Lipinski definition) is 3. The normalized spacial score (nSPS) is 10.8. The van der Waals surface area contributed by atoms with E-state index in [2.05, 4.69) is 12.6 Å². The zero-order valence-corrected chi connectivity index (χ0v) is 9.13. The van der Waals surface area contributed by atoms with Gasteiger partial charge in [0.15, 0.2) is 0 Å². The quantitative estimate of drug-likeness (QED) is 0.552. The van der Waals surface area contributed by atoms with E-state index in [0.29, 0.717) is 0 Å². The van der Waals surface area contributed by atoms with E-state index in [-0.39, 0.29) is 37.7 Å². The fourth-order valence-corrected chi connectivity index (χ4v) is 2.69. The van der Waals surface area contributed by atoms with Crippen molar-refractivity contribution in [1.82, 2.24) is 0 Å². The van der Waals surface area contributed by atoms with E-state index >= 15 is 0 Å². The molecule has 0 unspecified atom stereocenters. The van der Waals surface area contributed by atoms with Crippen LogP contribution in [0.3, 0.4) is 0 Å². The molecule has 0 aliphatic rings. The van der Waals surface area contributed by atoms with Gasteiger partial charge in [-0.15, -0.1) is 0 Å². The Labute approximate surface area is 99.3 Å². The van der Waals surface area contributed by atoms with Gasteiger partial charge >= 0.3 is 8.56 Å². The second-order valence-corrected chi connectivity index (χ2v) is 6.05. The third-order valence-corrected chi connectivity index (χ3v) is 4.96. The number of thiol groups is 1. The first-order valence-corrected chi connectivity index (χ1v) is 6.05. The minimum Gasteiger partial charge on any atom is -0.398 e. The van der Waals surface area contributed by atoms with Gasteiger partial charge in [0, 0.05) is 52.0 Å². The summed E-state index contributed by atoms with van der Waals surface area (Å²) < 4.78 is 10.4. The maximum atomic E-state index is 5.20. The Morgan fingerprint density at radius 3 is 1.80 bits per heavy atom. The molecule has 0 N–H and O–H groups in total. The molecule has 64 valence electrons. The number of rotatable bonds is 4. The summed E-state index contributed by atoms with van der Waals surface area (Å²) in [4.78, 5) is 0. The van der Waals surface area contributed by atoms with Gasteiger partial charge in [0.1, 0.15) is 0 Å². The molecular weight excluding hydrogens is 192 g/mol. The van der Waals surface area contributed by atoms with Crippen LogP contribution in [0.25, 0.3) is 0 Å². The van der Waals surface area contributed by atoms with Crippen molar-refractivity contribution < 1.29 is 46.6 Å². The van der Waals surface area contributed by atoms with Crippen LogP contribution in [0, 0.1) is 37.7 Å². The van der Waals surface area contributed by atoms with Gasteiger partial charge in [-0.3, -0.25) is 0 Å². The topological polar surface area (TPSA) is 18.5 Å². The van der Waals surface area contributed by atoms with Crippen molar-refractivity contribution in [2.45, 2.75) is 12.6 Å². The summed E-state index contributed by atoms with van der Waals surface area (Å²) in [6.45, 7) is 2.03. The first-order chi connectivity index (χ1) is 4.18. The molecule has 0 heterocycles. The smallest absolute Gasteiger partial charge is 0.335 e. The zero-order chi connectivity index (χ0) is 7.33. The molecule has 0 aromatic rings. The second kappa shape index (κ2) is 7.40. The van der Waals surface area contributed by atoms with Gasteiger partial charge in [0.25, 0.3) is 0 Å². The fourth-order valence-electron chi connectivity index (χ4n) is 0.491. The van der Waals surface area contributed by atoms with E-state index in [1.165, 1.54) is 0 Å². The van der Waals surface area contributed by atoms with Gasteiger partial charge < -0.3 is 8.85 Å². The van der Waals surface area contributed by atoms with Crippen LogP contribution in [0.5, 0.6) is 0 Å². The molecule has 0 aromatic heterocycles. The van der Waals surface area contributed by atoms with E-state index in [4.69, 9.17) is 8.85 Å². The molecule has 0 aliphatic carbocycles. The molecule has 0 atom stereocenters. The summed E-state index contributed by atoms with van der Waals surface area (Å²) in [6.07, 6.45) is 0. The summed E-state index contributed by atoms with van der Waals surface area (Å²) >= 11 is 4.10. The summed E-state index contributed by atoms with van der Waals surface area (Å²) in [5, 5.41) is 0. The van der Waals surface area contributed by atoms with E-state index in [9.17, 15) is 0 Å². The predicted octanol–water partition coefficient (Wildman–Crippen LogP) is 1.28. The molecule has 10 heavy (non-hydrogen) atoms. The van der Waals surface area contributed by atoms with Crippen molar-refractivity contribution in [2.24, 2.45) is 0 Å². The second-order valence-electron chi connectivity index (χ2n) is 2.02. The molecule has 0 aliphatic heterocycles. The Bertz CT molecular complexity index is 80.0. The van der Waals surface area contributed by atoms with E-state index in [1.807, 2.05) is 6.55 Å². The largest absolute Gasteiger partial charge is 0.398 e. The Morgan fingerprint density at radius 2 is 1.70 bits per heavy atom. The van der Waals surface area contributed by atoms with E-state index in [1.54, 1.807) is 14.2 Å². The van der Waals surface area contributed by atoms with Crippen molar-refractivity contribution in [3.8, 4) is 0 Å². The monoisotopic (exact) mass is 206 g/mol. The Morgan fingerprint density at radius 1 is 1.30 bits per heavy atom. The van der Waals surface area contributed by atoms with Gasteiger partial charge in [-0.05, 0) is 18.3 Å². The Kier molecular flexibility index (Phi) is 10.6. The van der Waals surface area contributed by atoms with Crippen LogP contribution in [0.2, 0.25) is 12.6 Å². The predicted molar refractivity (Wildman–Crippen MR) is 44.3 cm³/mol. The maximum Gasteiger partial charge on any atom is 0.335 e. The van der Waals surface area contributed by atoms with Crippen LogP contribution in [0.15, 0.2) is 0 Å². The van der Waals surface area contributed by atoms with Crippen LogP contribution in [0.4, 0.5) is 0 Å². The van der Waals surface area contributed by atoms with Gasteiger partial charge in [-0.25, -0.2) is 0 Å². The first kappa shape index (κ1) is 14.3. The number of hydrogen-bond donors (Lipinski definition) is 1. The third kappa shape index (κ3) is 5.40. The van der Waals surface area contributed by atoms with Gasteiger partial charge in [-0.2, -0.15) is 12.6 Å². The standard InChI is InChI=1S/C5H14O2SSi.Ar/c1-6-9(3,7-2)5-4-8;/h8H,4-5H2,1-3H3;. The average Bonchev–Trinajstić information content (AvgIpc) is 1.89. The molecule has 0 fully saturated rings. The van der Waals surface area contributed by atoms with E-state index < -0.39 is 8.56 Å². The maximum absolute atomic E-state index is 5.20. The summed E-state index contributed by atoms with van der Waals surface area (Å²) in [6, 6.07) is 0.948. The van der Waals surface area contributed by atoms with Crippen LogP contribution in [-0.4, -0.2) is 28.5 Å². The fraction of sp³-hybridized carbons (Fsp3) is 1.00. The molecule has 0 radical (unpaired) electrons. The van der Waals surface area contributed by atoms with Gasteiger partial charge in [0.2, 0.25) is 0 Å². The van der Waals surface area contributed by atoms with Crippen LogP contribution in [0.1, 0.15) is 0 Å². The van der Waals surface area contributed by atoms with Crippen LogP contribution < -0.4 is 0 Å². The molecule has 2 nitrogen and oxygen atoms in total. The summed E-state index contributed by atoms with van der Waals surface area (Å²) in [5.74, 6) is 0.838. The minimum absolute atomic E-state index is 0. The van der Waals surface area contributed by atoms with Gasteiger partial charge in [0.05, 0.1) is 0 Å². The minimum atomic E-state index is -1.77. The summed E-state index contributed by atoms with van der Waals surface area (Å²) in [7, 11) is 1.61. The van der Waals surface area contributed by atoms with Crippen molar-refractivity contribution >= 4 is 21.2 Å². The molecule has 0 bridgehead atoms. The molecular formula is C5H14ArO2SSi. The van der Waals surface area contributed by atoms with Crippen molar-refractivity contribution in [2.75, 3.05) is 20.0 Å². The SMILES string of the molecule is CO[Si](C)(CCS)OC.[Ar]. The molecule has 0 rings (SSSR count). The summed E-state index contributed by atoms with van der Waals surface area (Å²) in [5.41, 5.74) is 0. The average molecular weight is 206 g/mol. The molecule has 0 amide bonds. The molecule has 5 heteroatoms. The van der Waals surface area contributed by atoms with Crippen molar-refractivity contribution in [1.29, 1.82) is 0 Å². The molecule has 0 spiro atoms. The van der Waals surface area contributed by atoms with Crippen molar-refractivity contribution in [3.05, 3.63) is 0 Å². The molecule has 0 saturated carbocycles.